The number of anilines is 1. The standard InChI is InChI=1S/C21H23ClN4O/c1-25(13-15-6-2-3-7-19(15)26-10-4-5-11-26)14-20-23-18-12-16(22)8-9-17(18)21(27)24-20/h2-3,6-9,12H,4-5,10-11,13-14H2,1H3,(H,23,24,27)/p+1. The lowest BCUT2D eigenvalue weighted by molar-refractivity contribution is -0.908. The minimum atomic E-state index is -0.114. The van der Waals surface area contributed by atoms with Gasteiger partial charge < -0.3 is 14.8 Å². The zero-order valence-corrected chi connectivity index (χ0v) is 16.2. The lowest BCUT2D eigenvalue weighted by Gasteiger charge is -2.22. The van der Waals surface area contributed by atoms with Crippen LogP contribution >= 0.6 is 11.6 Å². The predicted molar refractivity (Wildman–Crippen MR) is 110 cm³/mol. The van der Waals surface area contributed by atoms with Gasteiger partial charge in [-0.25, -0.2) is 4.98 Å². The summed E-state index contributed by atoms with van der Waals surface area (Å²) >= 11 is 6.05. The Hall–Kier alpha value is -2.37. The maximum Gasteiger partial charge on any atom is 0.258 e. The first-order valence-corrected chi connectivity index (χ1v) is 9.80. The summed E-state index contributed by atoms with van der Waals surface area (Å²) in [4.78, 5) is 23.6. The van der Waals surface area contributed by atoms with E-state index in [4.69, 9.17) is 11.6 Å². The van der Waals surface area contributed by atoms with Gasteiger partial charge in [-0.05, 0) is 37.1 Å². The van der Waals surface area contributed by atoms with Gasteiger partial charge in [-0.1, -0.05) is 29.8 Å². The Morgan fingerprint density at radius 2 is 1.93 bits per heavy atom. The zero-order chi connectivity index (χ0) is 18.8. The lowest BCUT2D eigenvalue weighted by Crippen LogP contribution is -3.06. The van der Waals surface area contributed by atoms with E-state index in [0.29, 0.717) is 28.3 Å². The molecule has 1 aliphatic rings. The largest absolute Gasteiger partial charge is 0.371 e. The van der Waals surface area contributed by atoms with Gasteiger partial charge in [0.05, 0.1) is 18.0 Å². The van der Waals surface area contributed by atoms with Gasteiger partial charge in [-0.15, -0.1) is 0 Å². The molecule has 1 unspecified atom stereocenters. The van der Waals surface area contributed by atoms with Crippen LogP contribution in [0.4, 0.5) is 5.69 Å². The summed E-state index contributed by atoms with van der Waals surface area (Å²) in [7, 11) is 2.13. The number of H-pyrrole nitrogens is 1. The van der Waals surface area contributed by atoms with E-state index in [-0.39, 0.29) is 5.56 Å². The molecule has 0 radical (unpaired) electrons. The number of nitrogens with one attached hydrogen (secondary N) is 2. The highest BCUT2D eigenvalue weighted by molar-refractivity contribution is 6.31. The van der Waals surface area contributed by atoms with E-state index >= 15 is 0 Å². The molecule has 27 heavy (non-hydrogen) atoms. The topological polar surface area (TPSA) is 53.4 Å². The van der Waals surface area contributed by atoms with Crippen LogP contribution in [0, 0.1) is 0 Å². The highest BCUT2D eigenvalue weighted by Crippen LogP contribution is 2.23. The molecule has 2 heterocycles. The molecule has 0 bridgehead atoms. The van der Waals surface area contributed by atoms with E-state index in [1.165, 1.54) is 29.0 Å². The molecule has 4 rings (SSSR count). The van der Waals surface area contributed by atoms with Crippen LogP contribution in [0.25, 0.3) is 10.9 Å². The first-order valence-electron chi connectivity index (χ1n) is 9.43. The Bertz CT molecular complexity index is 1010. The fraction of sp³-hybridized carbons (Fsp3) is 0.333. The quantitative estimate of drug-likeness (QED) is 0.711. The Balaban J connectivity index is 1.54. The molecule has 0 amide bonds. The lowest BCUT2D eigenvalue weighted by atomic mass is 10.1. The summed E-state index contributed by atoms with van der Waals surface area (Å²) < 4.78 is 0. The molecule has 1 atom stereocenters. The van der Waals surface area contributed by atoms with Crippen molar-refractivity contribution in [3.8, 4) is 0 Å². The van der Waals surface area contributed by atoms with Crippen molar-refractivity contribution in [1.82, 2.24) is 9.97 Å². The van der Waals surface area contributed by atoms with E-state index in [9.17, 15) is 4.79 Å². The molecular weight excluding hydrogens is 360 g/mol. The third-order valence-corrected chi connectivity index (χ3v) is 5.35. The summed E-state index contributed by atoms with van der Waals surface area (Å²) in [5.41, 5.74) is 3.20. The highest BCUT2D eigenvalue weighted by atomic mass is 35.5. The van der Waals surface area contributed by atoms with Gasteiger partial charge in [0, 0.05) is 29.4 Å². The van der Waals surface area contributed by atoms with Gasteiger partial charge in [0.15, 0.2) is 5.82 Å². The molecule has 3 aromatic rings. The molecule has 1 aromatic heterocycles. The molecular formula is C21H24ClN4O+. The summed E-state index contributed by atoms with van der Waals surface area (Å²) in [5, 5.41) is 1.16. The van der Waals surface area contributed by atoms with Crippen LogP contribution in [0.5, 0.6) is 0 Å². The first-order chi connectivity index (χ1) is 13.1. The van der Waals surface area contributed by atoms with E-state index in [1.54, 1.807) is 18.2 Å². The number of rotatable bonds is 5. The maximum absolute atomic E-state index is 12.3. The number of aromatic nitrogens is 2. The second-order valence-electron chi connectivity index (χ2n) is 7.31. The van der Waals surface area contributed by atoms with Crippen LogP contribution < -0.4 is 15.4 Å². The van der Waals surface area contributed by atoms with Crippen molar-refractivity contribution >= 4 is 28.2 Å². The molecule has 1 fully saturated rings. The number of benzene rings is 2. The monoisotopic (exact) mass is 383 g/mol. The van der Waals surface area contributed by atoms with Crippen molar-refractivity contribution in [2.24, 2.45) is 0 Å². The Morgan fingerprint density at radius 1 is 1.15 bits per heavy atom. The zero-order valence-electron chi connectivity index (χ0n) is 15.5. The van der Waals surface area contributed by atoms with Crippen molar-refractivity contribution in [3.05, 3.63) is 69.2 Å². The van der Waals surface area contributed by atoms with Gasteiger partial charge in [0.2, 0.25) is 0 Å². The number of quaternary nitrogens is 1. The normalized spacial score (nSPS) is 15.4. The van der Waals surface area contributed by atoms with E-state index < -0.39 is 0 Å². The van der Waals surface area contributed by atoms with Crippen LogP contribution in [0.2, 0.25) is 5.02 Å². The molecule has 1 aliphatic heterocycles. The number of fused-ring (bicyclic) bond motifs is 1. The molecule has 0 saturated carbocycles. The third-order valence-electron chi connectivity index (χ3n) is 5.12. The second-order valence-corrected chi connectivity index (χ2v) is 7.74. The fourth-order valence-corrected chi connectivity index (χ4v) is 4.01. The van der Waals surface area contributed by atoms with Crippen LogP contribution in [-0.4, -0.2) is 30.1 Å². The summed E-state index contributed by atoms with van der Waals surface area (Å²) in [6.07, 6.45) is 2.53. The number of hydrogen-bond donors (Lipinski definition) is 2. The van der Waals surface area contributed by atoms with Gasteiger partial charge in [0.25, 0.3) is 5.56 Å². The van der Waals surface area contributed by atoms with E-state index in [2.05, 4.69) is 46.2 Å². The van der Waals surface area contributed by atoms with Crippen molar-refractivity contribution in [2.75, 3.05) is 25.0 Å². The summed E-state index contributed by atoms with van der Waals surface area (Å²) in [5.74, 6) is 0.686. The van der Waals surface area contributed by atoms with Crippen molar-refractivity contribution in [1.29, 1.82) is 0 Å². The maximum atomic E-state index is 12.3. The SMILES string of the molecule is C[NH+](Cc1nc2cc(Cl)ccc2c(=O)[nH]1)Cc1ccccc1N1CCCC1. The molecule has 6 heteroatoms. The predicted octanol–water partition coefficient (Wildman–Crippen LogP) is 2.39. The molecule has 5 nitrogen and oxygen atoms in total. The average Bonchev–Trinajstić information content (AvgIpc) is 3.16. The third kappa shape index (κ3) is 3.99. The highest BCUT2D eigenvalue weighted by Gasteiger charge is 2.18. The molecule has 2 N–H and O–H groups in total. The molecule has 1 saturated heterocycles. The number of nitrogens with zero attached hydrogens (tertiary/aromatic N) is 2. The molecule has 140 valence electrons. The first kappa shape index (κ1) is 18.0. The summed E-state index contributed by atoms with van der Waals surface area (Å²) in [6.45, 7) is 3.79. The Labute approximate surface area is 163 Å². The van der Waals surface area contributed by atoms with Crippen LogP contribution in [0.1, 0.15) is 24.2 Å². The Morgan fingerprint density at radius 3 is 2.74 bits per heavy atom. The van der Waals surface area contributed by atoms with Gasteiger partial charge in [-0.2, -0.15) is 0 Å². The van der Waals surface area contributed by atoms with Crippen molar-refractivity contribution in [2.45, 2.75) is 25.9 Å². The second kappa shape index (κ2) is 7.71. The van der Waals surface area contributed by atoms with Crippen LogP contribution in [0.3, 0.4) is 0 Å². The molecule has 0 aliphatic carbocycles. The van der Waals surface area contributed by atoms with Crippen molar-refractivity contribution < 1.29 is 4.90 Å². The van der Waals surface area contributed by atoms with E-state index in [0.717, 1.165) is 19.6 Å². The minimum Gasteiger partial charge on any atom is -0.371 e. The smallest absolute Gasteiger partial charge is 0.258 e. The molecule has 2 aromatic carbocycles. The minimum absolute atomic E-state index is 0.114. The van der Waals surface area contributed by atoms with Crippen molar-refractivity contribution in [3.63, 3.8) is 0 Å². The van der Waals surface area contributed by atoms with E-state index in [1.807, 2.05) is 0 Å². The number of para-hydroxylation sites is 1. The number of halogens is 1. The summed E-state index contributed by atoms with van der Waals surface area (Å²) in [6, 6.07) is 13.8. The van der Waals surface area contributed by atoms with Gasteiger partial charge in [-0.3, -0.25) is 4.79 Å². The van der Waals surface area contributed by atoms with Crippen LogP contribution in [-0.2, 0) is 13.1 Å². The van der Waals surface area contributed by atoms with Gasteiger partial charge >= 0.3 is 0 Å². The van der Waals surface area contributed by atoms with Gasteiger partial charge in [0.1, 0.15) is 13.1 Å². The average molecular weight is 384 g/mol. The Kier molecular flexibility index (Phi) is 5.14. The number of hydrogen-bond acceptors (Lipinski definition) is 3. The number of aromatic amines is 1. The molecule has 0 spiro atoms. The fourth-order valence-electron chi connectivity index (χ4n) is 3.85. The van der Waals surface area contributed by atoms with Crippen LogP contribution in [0.15, 0.2) is 47.3 Å².